The standard InChI is InChI=1S/C24H21N3O2S2/c1-14-7-12-19-20(13-14)31-23(26-19)16-8-10-17(11-9-16)25-24(30)27-22(28)18-6-4-5-15(2)21(18)29-3/h4-13H,1-3H3,(H2,25,27,28,30). The number of benzene rings is 3. The van der Waals surface area contributed by atoms with Gasteiger partial charge in [0.25, 0.3) is 5.91 Å². The molecule has 2 N–H and O–H groups in total. The van der Waals surface area contributed by atoms with Crippen molar-refractivity contribution >= 4 is 50.5 Å². The third-order valence-corrected chi connectivity index (χ3v) is 6.09. The highest BCUT2D eigenvalue weighted by atomic mass is 32.1. The average Bonchev–Trinajstić information content (AvgIpc) is 3.17. The number of aryl methyl sites for hydroxylation is 2. The lowest BCUT2D eigenvalue weighted by atomic mass is 10.1. The van der Waals surface area contributed by atoms with Gasteiger partial charge in [-0.3, -0.25) is 10.1 Å². The fourth-order valence-corrected chi connectivity index (χ4v) is 4.57. The monoisotopic (exact) mass is 447 g/mol. The number of carbonyl (C=O) groups is 1. The Balaban J connectivity index is 1.44. The number of amides is 1. The lowest BCUT2D eigenvalue weighted by Gasteiger charge is -2.13. The molecule has 0 saturated heterocycles. The molecule has 1 aromatic heterocycles. The van der Waals surface area contributed by atoms with Gasteiger partial charge in [0, 0.05) is 11.3 Å². The zero-order chi connectivity index (χ0) is 22.0. The Labute approximate surface area is 190 Å². The van der Waals surface area contributed by atoms with Gasteiger partial charge in [0.2, 0.25) is 0 Å². The van der Waals surface area contributed by atoms with E-state index >= 15 is 0 Å². The van der Waals surface area contributed by atoms with Crippen molar-refractivity contribution in [3.8, 4) is 16.3 Å². The van der Waals surface area contributed by atoms with Crippen LogP contribution in [0.15, 0.2) is 60.7 Å². The summed E-state index contributed by atoms with van der Waals surface area (Å²) in [6.07, 6.45) is 0. The predicted octanol–water partition coefficient (Wildman–Crippen LogP) is 5.72. The third kappa shape index (κ3) is 4.57. The van der Waals surface area contributed by atoms with Crippen molar-refractivity contribution in [3.05, 3.63) is 77.4 Å². The summed E-state index contributed by atoms with van der Waals surface area (Å²) in [4.78, 5) is 17.3. The van der Waals surface area contributed by atoms with E-state index in [1.807, 2.05) is 49.4 Å². The first-order valence-electron chi connectivity index (χ1n) is 9.68. The third-order valence-electron chi connectivity index (χ3n) is 4.82. The van der Waals surface area contributed by atoms with Crippen LogP contribution in [-0.2, 0) is 0 Å². The van der Waals surface area contributed by atoms with Gasteiger partial charge in [-0.1, -0.05) is 18.2 Å². The van der Waals surface area contributed by atoms with Crippen molar-refractivity contribution in [2.24, 2.45) is 0 Å². The van der Waals surface area contributed by atoms with E-state index in [0.29, 0.717) is 11.3 Å². The summed E-state index contributed by atoms with van der Waals surface area (Å²) < 4.78 is 6.52. The average molecular weight is 448 g/mol. The van der Waals surface area contributed by atoms with E-state index in [4.69, 9.17) is 21.9 Å². The summed E-state index contributed by atoms with van der Waals surface area (Å²) in [6, 6.07) is 19.5. The Morgan fingerprint density at radius 1 is 1.06 bits per heavy atom. The van der Waals surface area contributed by atoms with Crippen molar-refractivity contribution in [1.29, 1.82) is 0 Å². The fourth-order valence-electron chi connectivity index (χ4n) is 3.29. The molecule has 0 saturated carbocycles. The molecule has 0 aliphatic carbocycles. The second-order valence-corrected chi connectivity index (χ2v) is 8.57. The number of thiocarbonyl (C=S) groups is 1. The van der Waals surface area contributed by atoms with Crippen LogP contribution in [0, 0.1) is 13.8 Å². The summed E-state index contributed by atoms with van der Waals surface area (Å²) in [7, 11) is 1.55. The van der Waals surface area contributed by atoms with Gasteiger partial charge in [-0.25, -0.2) is 4.98 Å². The van der Waals surface area contributed by atoms with Crippen LogP contribution >= 0.6 is 23.6 Å². The number of ether oxygens (including phenoxy) is 1. The van der Waals surface area contributed by atoms with Crippen LogP contribution in [0.1, 0.15) is 21.5 Å². The molecule has 3 aromatic carbocycles. The highest BCUT2D eigenvalue weighted by molar-refractivity contribution is 7.80. The first kappa shape index (κ1) is 21.0. The van der Waals surface area contributed by atoms with E-state index in [1.54, 1.807) is 24.5 Å². The number of nitrogens with one attached hydrogen (secondary N) is 2. The molecule has 0 radical (unpaired) electrons. The van der Waals surface area contributed by atoms with Gasteiger partial charge in [-0.15, -0.1) is 11.3 Å². The molecule has 4 rings (SSSR count). The number of nitrogens with zero attached hydrogens (tertiary/aromatic N) is 1. The number of hydrogen-bond donors (Lipinski definition) is 2. The SMILES string of the molecule is COc1c(C)cccc1C(=O)NC(=S)Nc1ccc(-c2nc3ccc(C)cc3s2)cc1. The number of anilines is 1. The maximum absolute atomic E-state index is 12.6. The van der Waals surface area contributed by atoms with Crippen LogP contribution in [0.4, 0.5) is 5.69 Å². The highest BCUT2D eigenvalue weighted by Crippen LogP contribution is 2.31. The maximum Gasteiger partial charge on any atom is 0.261 e. The van der Waals surface area contributed by atoms with Crippen molar-refractivity contribution in [3.63, 3.8) is 0 Å². The predicted molar refractivity (Wildman–Crippen MR) is 131 cm³/mol. The number of methoxy groups -OCH3 is 1. The van der Waals surface area contributed by atoms with Crippen LogP contribution in [0.25, 0.3) is 20.8 Å². The molecular formula is C24H21N3O2S2. The topological polar surface area (TPSA) is 63.2 Å². The van der Waals surface area contributed by atoms with Gasteiger partial charge >= 0.3 is 0 Å². The lowest BCUT2D eigenvalue weighted by Crippen LogP contribution is -2.34. The molecule has 0 unspecified atom stereocenters. The second-order valence-electron chi connectivity index (χ2n) is 7.13. The molecule has 0 spiro atoms. The van der Waals surface area contributed by atoms with Crippen LogP contribution in [0.5, 0.6) is 5.75 Å². The Bertz CT molecular complexity index is 1280. The molecule has 0 bridgehead atoms. The zero-order valence-corrected chi connectivity index (χ0v) is 19.0. The first-order valence-corrected chi connectivity index (χ1v) is 10.9. The fraction of sp³-hybridized carbons (Fsp3) is 0.125. The smallest absolute Gasteiger partial charge is 0.261 e. The summed E-state index contributed by atoms with van der Waals surface area (Å²) in [5.41, 5.74) is 5.36. The largest absolute Gasteiger partial charge is 0.496 e. The van der Waals surface area contributed by atoms with Crippen molar-refractivity contribution in [2.75, 3.05) is 12.4 Å². The van der Waals surface area contributed by atoms with E-state index < -0.39 is 0 Å². The van der Waals surface area contributed by atoms with Crippen LogP contribution < -0.4 is 15.4 Å². The summed E-state index contributed by atoms with van der Waals surface area (Å²) in [6.45, 7) is 3.97. The molecule has 7 heteroatoms. The van der Waals surface area contributed by atoms with Crippen LogP contribution in [-0.4, -0.2) is 23.1 Å². The van der Waals surface area contributed by atoms with Crippen molar-refractivity contribution < 1.29 is 9.53 Å². The minimum Gasteiger partial charge on any atom is -0.496 e. The number of hydrogen-bond acceptors (Lipinski definition) is 5. The molecule has 1 amide bonds. The lowest BCUT2D eigenvalue weighted by molar-refractivity contribution is 0.0974. The van der Waals surface area contributed by atoms with E-state index in [-0.39, 0.29) is 11.0 Å². The highest BCUT2D eigenvalue weighted by Gasteiger charge is 2.15. The number of fused-ring (bicyclic) bond motifs is 1. The molecule has 5 nitrogen and oxygen atoms in total. The summed E-state index contributed by atoms with van der Waals surface area (Å²) >= 11 is 6.98. The minimum atomic E-state index is -0.320. The van der Waals surface area contributed by atoms with Crippen LogP contribution in [0.2, 0.25) is 0 Å². The number of carbonyl (C=O) groups excluding carboxylic acids is 1. The molecule has 31 heavy (non-hydrogen) atoms. The Morgan fingerprint density at radius 2 is 1.84 bits per heavy atom. The van der Waals surface area contributed by atoms with Crippen LogP contribution in [0.3, 0.4) is 0 Å². The quantitative estimate of drug-likeness (QED) is 0.392. The van der Waals surface area contributed by atoms with Gasteiger partial charge in [0.15, 0.2) is 5.11 Å². The van der Waals surface area contributed by atoms with Gasteiger partial charge < -0.3 is 10.1 Å². The number of thiazole rings is 1. The normalized spacial score (nSPS) is 10.7. The molecule has 1 heterocycles. The number of para-hydroxylation sites is 1. The van der Waals surface area contributed by atoms with E-state index in [1.165, 1.54) is 10.3 Å². The Kier molecular flexibility index (Phi) is 5.97. The summed E-state index contributed by atoms with van der Waals surface area (Å²) in [5.74, 6) is 0.220. The van der Waals surface area contributed by atoms with Gasteiger partial charge in [-0.2, -0.15) is 0 Å². The molecule has 0 aliphatic heterocycles. The zero-order valence-electron chi connectivity index (χ0n) is 17.4. The molecule has 0 aliphatic rings. The minimum absolute atomic E-state index is 0.219. The molecule has 156 valence electrons. The second kappa shape index (κ2) is 8.83. The summed E-state index contributed by atoms with van der Waals surface area (Å²) in [5, 5.41) is 6.94. The molecule has 4 aromatic rings. The number of aromatic nitrogens is 1. The van der Waals surface area contributed by atoms with Crippen molar-refractivity contribution in [2.45, 2.75) is 13.8 Å². The van der Waals surface area contributed by atoms with Gasteiger partial charge in [0.1, 0.15) is 10.8 Å². The molecule has 0 atom stereocenters. The van der Waals surface area contributed by atoms with Gasteiger partial charge in [0.05, 0.1) is 22.9 Å². The van der Waals surface area contributed by atoms with E-state index in [9.17, 15) is 4.79 Å². The molecule has 0 fully saturated rings. The first-order chi connectivity index (χ1) is 14.9. The van der Waals surface area contributed by atoms with E-state index in [0.717, 1.165) is 27.3 Å². The van der Waals surface area contributed by atoms with Crippen molar-refractivity contribution in [1.82, 2.24) is 10.3 Å². The Hall–Kier alpha value is -3.29. The van der Waals surface area contributed by atoms with Gasteiger partial charge in [-0.05, 0) is 79.7 Å². The van der Waals surface area contributed by atoms with E-state index in [2.05, 4.69) is 29.7 Å². The molecular weight excluding hydrogens is 426 g/mol. The Morgan fingerprint density at radius 3 is 2.58 bits per heavy atom. The maximum atomic E-state index is 12.6. The number of rotatable bonds is 4.